The Hall–Kier alpha value is -4.45. The minimum Gasteiger partial charge on any atom is -0.497 e. The summed E-state index contributed by atoms with van der Waals surface area (Å²) in [4.78, 5) is 28.9. The minimum absolute atomic E-state index is 0.0572. The molecule has 1 unspecified atom stereocenters. The summed E-state index contributed by atoms with van der Waals surface area (Å²) < 4.78 is 51.1. The largest absolute Gasteiger partial charge is 0.497 e. The number of methoxy groups -OCH3 is 3. The summed E-state index contributed by atoms with van der Waals surface area (Å²) in [6, 6.07) is 17.0. The van der Waals surface area contributed by atoms with E-state index in [-0.39, 0.29) is 28.8 Å². The number of benzene rings is 3. The highest BCUT2D eigenvalue weighted by molar-refractivity contribution is 7.92. The molecule has 0 radical (unpaired) electrons. The van der Waals surface area contributed by atoms with Crippen molar-refractivity contribution in [2.75, 3.05) is 45.3 Å². The highest BCUT2D eigenvalue weighted by Crippen LogP contribution is 2.33. The third-order valence-corrected chi connectivity index (χ3v) is 8.85. The van der Waals surface area contributed by atoms with Gasteiger partial charge in [-0.1, -0.05) is 26.0 Å². The molecule has 3 aromatic carbocycles. The number of ether oxygens (including phenoxy) is 4. The van der Waals surface area contributed by atoms with Crippen LogP contribution in [-0.2, 0) is 26.2 Å². The van der Waals surface area contributed by atoms with Crippen LogP contribution in [-0.4, -0.2) is 72.2 Å². The summed E-state index contributed by atoms with van der Waals surface area (Å²) in [6.07, 6.45) is 1.04. The summed E-state index contributed by atoms with van der Waals surface area (Å²) in [7, 11) is 0.0802. The SMILES string of the molecule is CCCNC(=O)C(CC)N(Cc1cccc(OC)c1)C(=O)CN(c1ccc(OCC)cc1)S(=O)(=O)c1ccc(OC)c(OC)c1. The number of hydrogen-bond donors (Lipinski definition) is 1. The fourth-order valence-corrected chi connectivity index (χ4v) is 6.19. The van der Waals surface area contributed by atoms with E-state index in [1.807, 2.05) is 26.8 Å². The maximum Gasteiger partial charge on any atom is 0.264 e. The Bertz CT molecular complexity index is 1530. The minimum atomic E-state index is -4.33. The molecule has 2 amide bonds. The quantitative estimate of drug-likeness (QED) is 0.226. The van der Waals surface area contributed by atoms with E-state index in [0.29, 0.717) is 36.8 Å². The highest BCUT2D eigenvalue weighted by atomic mass is 32.2. The molecule has 0 aliphatic carbocycles. The zero-order valence-electron chi connectivity index (χ0n) is 26.7. The molecule has 0 saturated carbocycles. The van der Waals surface area contributed by atoms with Crippen molar-refractivity contribution in [1.29, 1.82) is 0 Å². The third-order valence-electron chi connectivity index (χ3n) is 7.08. The van der Waals surface area contributed by atoms with Gasteiger partial charge in [-0.3, -0.25) is 13.9 Å². The smallest absolute Gasteiger partial charge is 0.264 e. The molecule has 0 heterocycles. The van der Waals surface area contributed by atoms with Gasteiger partial charge in [0.05, 0.1) is 38.5 Å². The number of nitrogens with one attached hydrogen (secondary N) is 1. The average molecular weight is 642 g/mol. The van der Waals surface area contributed by atoms with Crippen molar-refractivity contribution < 1.29 is 37.0 Å². The molecule has 1 atom stereocenters. The van der Waals surface area contributed by atoms with Crippen LogP contribution in [0.4, 0.5) is 5.69 Å². The van der Waals surface area contributed by atoms with Gasteiger partial charge >= 0.3 is 0 Å². The van der Waals surface area contributed by atoms with Crippen molar-refractivity contribution in [2.45, 2.75) is 51.1 Å². The van der Waals surface area contributed by atoms with Gasteiger partial charge in [0.25, 0.3) is 10.0 Å². The Kier molecular flexibility index (Phi) is 12.9. The van der Waals surface area contributed by atoms with Crippen LogP contribution in [0.15, 0.2) is 71.6 Å². The van der Waals surface area contributed by atoms with Crippen LogP contribution in [0.3, 0.4) is 0 Å². The fourth-order valence-electron chi connectivity index (χ4n) is 4.76. The van der Waals surface area contributed by atoms with Crippen LogP contribution < -0.4 is 28.6 Å². The Balaban J connectivity index is 2.11. The van der Waals surface area contributed by atoms with Crippen molar-refractivity contribution in [3.8, 4) is 23.0 Å². The lowest BCUT2D eigenvalue weighted by molar-refractivity contribution is -0.140. The highest BCUT2D eigenvalue weighted by Gasteiger charge is 2.34. The lowest BCUT2D eigenvalue weighted by Crippen LogP contribution is -2.52. The second kappa shape index (κ2) is 16.6. The maximum absolute atomic E-state index is 14.3. The summed E-state index contributed by atoms with van der Waals surface area (Å²) >= 11 is 0. The number of rotatable bonds is 17. The molecule has 1 N–H and O–H groups in total. The molecule has 244 valence electrons. The first-order chi connectivity index (χ1) is 21.6. The van der Waals surface area contributed by atoms with E-state index in [0.717, 1.165) is 16.3 Å². The van der Waals surface area contributed by atoms with Gasteiger partial charge in [-0.25, -0.2) is 8.42 Å². The Morgan fingerprint density at radius 1 is 0.844 bits per heavy atom. The van der Waals surface area contributed by atoms with Crippen LogP contribution in [0, 0.1) is 0 Å². The molecule has 0 fully saturated rings. The van der Waals surface area contributed by atoms with E-state index in [2.05, 4.69) is 5.32 Å². The zero-order chi connectivity index (χ0) is 33.0. The summed E-state index contributed by atoms with van der Waals surface area (Å²) in [5.41, 5.74) is 0.964. The predicted molar refractivity (Wildman–Crippen MR) is 173 cm³/mol. The molecular weight excluding hydrogens is 598 g/mol. The van der Waals surface area contributed by atoms with E-state index < -0.39 is 28.5 Å². The lowest BCUT2D eigenvalue weighted by atomic mass is 10.1. The molecule has 11 nitrogen and oxygen atoms in total. The van der Waals surface area contributed by atoms with Crippen LogP contribution >= 0.6 is 0 Å². The van der Waals surface area contributed by atoms with Gasteiger partial charge in [-0.15, -0.1) is 0 Å². The fraction of sp³-hybridized carbons (Fsp3) is 0.394. The Labute approximate surface area is 266 Å². The topological polar surface area (TPSA) is 124 Å². The van der Waals surface area contributed by atoms with Gasteiger partial charge in [-0.2, -0.15) is 0 Å². The second-order valence-electron chi connectivity index (χ2n) is 10.0. The second-order valence-corrected chi connectivity index (χ2v) is 11.9. The van der Waals surface area contributed by atoms with Gasteiger partial charge < -0.3 is 29.2 Å². The van der Waals surface area contributed by atoms with E-state index in [4.69, 9.17) is 18.9 Å². The van der Waals surface area contributed by atoms with Gasteiger partial charge in [0, 0.05) is 19.2 Å². The molecule has 3 rings (SSSR count). The molecule has 0 bridgehead atoms. The van der Waals surface area contributed by atoms with Crippen LogP contribution in [0.1, 0.15) is 39.2 Å². The zero-order valence-corrected chi connectivity index (χ0v) is 27.6. The van der Waals surface area contributed by atoms with Crippen molar-refractivity contribution >= 4 is 27.5 Å². The first kappa shape index (κ1) is 35.0. The monoisotopic (exact) mass is 641 g/mol. The van der Waals surface area contributed by atoms with Crippen molar-refractivity contribution in [1.82, 2.24) is 10.2 Å². The summed E-state index contributed by atoms with van der Waals surface area (Å²) in [5, 5.41) is 2.88. The molecule has 45 heavy (non-hydrogen) atoms. The van der Waals surface area contributed by atoms with E-state index in [9.17, 15) is 18.0 Å². The summed E-state index contributed by atoms with van der Waals surface area (Å²) in [6.45, 7) is 5.96. The molecule has 0 aromatic heterocycles. The van der Waals surface area contributed by atoms with Crippen molar-refractivity contribution in [3.63, 3.8) is 0 Å². The number of anilines is 1. The number of sulfonamides is 1. The normalized spacial score (nSPS) is 11.7. The third kappa shape index (κ3) is 8.81. The van der Waals surface area contributed by atoms with Crippen LogP contribution in [0.5, 0.6) is 23.0 Å². The van der Waals surface area contributed by atoms with Crippen molar-refractivity contribution in [3.05, 3.63) is 72.3 Å². The number of carbonyl (C=O) groups is 2. The summed E-state index contributed by atoms with van der Waals surface area (Å²) in [5.74, 6) is 0.841. The first-order valence-corrected chi connectivity index (χ1v) is 16.2. The van der Waals surface area contributed by atoms with Crippen LogP contribution in [0.2, 0.25) is 0 Å². The maximum atomic E-state index is 14.3. The number of amides is 2. The molecule has 0 aliphatic heterocycles. The Morgan fingerprint density at radius 2 is 1.56 bits per heavy atom. The standard InChI is InChI=1S/C33H43N3O8S/c1-7-19-34-33(38)29(8-2)35(22-24-11-10-12-27(20-24)41-4)32(37)23-36(25-13-15-26(16-14-25)44-9-3)45(39,40)28-17-18-30(42-5)31(21-28)43-6/h10-18,20-21,29H,7-9,19,22-23H2,1-6H3,(H,34,38). The van der Waals surface area contributed by atoms with E-state index in [1.54, 1.807) is 49.6 Å². The molecule has 12 heteroatoms. The van der Waals surface area contributed by atoms with Gasteiger partial charge in [0.1, 0.15) is 24.1 Å². The van der Waals surface area contributed by atoms with Crippen LogP contribution in [0.25, 0.3) is 0 Å². The van der Waals surface area contributed by atoms with E-state index >= 15 is 0 Å². The van der Waals surface area contributed by atoms with E-state index in [1.165, 1.54) is 37.3 Å². The van der Waals surface area contributed by atoms with Gasteiger partial charge in [-0.05, 0) is 73.9 Å². The number of nitrogens with zero attached hydrogens (tertiary/aromatic N) is 2. The number of hydrogen-bond acceptors (Lipinski definition) is 8. The number of carbonyl (C=O) groups excluding carboxylic acids is 2. The first-order valence-electron chi connectivity index (χ1n) is 14.8. The molecule has 3 aromatic rings. The van der Waals surface area contributed by atoms with Gasteiger partial charge in [0.15, 0.2) is 11.5 Å². The molecule has 0 spiro atoms. The Morgan fingerprint density at radius 3 is 2.16 bits per heavy atom. The molecule has 0 saturated heterocycles. The molecule has 0 aliphatic rings. The van der Waals surface area contributed by atoms with Gasteiger partial charge in [0.2, 0.25) is 11.8 Å². The predicted octanol–water partition coefficient (Wildman–Crippen LogP) is 4.64. The van der Waals surface area contributed by atoms with Crippen molar-refractivity contribution in [2.24, 2.45) is 0 Å². The molecular formula is C33H43N3O8S. The average Bonchev–Trinajstić information content (AvgIpc) is 3.06. The lowest BCUT2D eigenvalue weighted by Gasteiger charge is -2.33.